The summed E-state index contributed by atoms with van der Waals surface area (Å²) in [5.74, 6) is -0.951. The van der Waals surface area contributed by atoms with Crippen LogP contribution in [0.4, 0.5) is 4.79 Å². The Bertz CT molecular complexity index is 1030. The molecular weight excluding hydrogens is 394 g/mol. The summed E-state index contributed by atoms with van der Waals surface area (Å²) in [5.41, 5.74) is 0.441. The first-order chi connectivity index (χ1) is 14.5. The van der Waals surface area contributed by atoms with Gasteiger partial charge in [-0.05, 0) is 24.3 Å². The SMILES string of the molecule is O=C(OCC(=O)N1CCOC1=O)c1ccccc1C(=O)c1ccc2c(c1)OCCO2. The number of carbonyl (C=O) groups excluding carboxylic acids is 4. The van der Waals surface area contributed by atoms with Crippen molar-refractivity contribution < 1.29 is 38.1 Å². The summed E-state index contributed by atoms with van der Waals surface area (Å²) in [6, 6.07) is 10.9. The Labute approximate surface area is 171 Å². The molecule has 0 N–H and O–H groups in total. The number of benzene rings is 2. The average molecular weight is 411 g/mol. The molecule has 1 saturated heterocycles. The zero-order chi connectivity index (χ0) is 21.1. The molecule has 0 aliphatic carbocycles. The number of amides is 2. The fourth-order valence-corrected chi connectivity index (χ4v) is 3.10. The van der Waals surface area contributed by atoms with Gasteiger partial charge in [-0.25, -0.2) is 14.5 Å². The highest BCUT2D eigenvalue weighted by atomic mass is 16.6. The standard InChI is InChI=1S/C21H17NO8/c23-18(22-7-8-29-21(22)26)12-30-20(25)15-4-2-1-3-14(15)19(24)13-5-6-16-17(11-13)28-10-9-27-16/h1-6,11H,7-10,12H2. The van der Waals surface area contributed by atoms with E-state index in [-0.39, 0.29) is 24.3 Å². The van der Waals surface area contributed by atoms with E-state index in [0.717, 1.165) is 4.90 Å². The molecule has 0 unspecified atom stereocenters. The first-order valence-corrected chi connectivity index (χ1v) is 9.22. The van der Waals surface area contributed by atoms with Crippen LogP contribution in [-0.4, -0.2) is 61.6 Å². The van der Waals surface area contributed by atoms with Gasteiger partial charge in [0.1, 0.15) is 19.8 Å². The van der Waals surface area contributed by atoms with Crippen LogP contribution in [-0.2, 0) is 14.3 Å². The van der Waals surface area contributed by atoms with Crippen molar-refractivity contribution >= 4 is 23.8 Å². The van der Waals surface area contributed by atoms with Gasteiger partial charge in [-0.15, -0.1) is 0 Å². The van der Waals surface area contributed by atoms with Gasteiger partial charge in [0, 0.05) is 11.1 Å². The number of rotatable bonds is 5. The van der Waals surface area contributed by atoms with Crippen LogP contribution in [0.3, 0.4) is 0 Å². The lowest BCUT2D eigenvalue weighted by Gasteiger charge is -2.18. The van der Waals surface area contributed by atoms with Crippen LogP contribution in [0.15, 0.2) is 42.5 Å². The lowest BCUT2D eigenvalue weighted by Crippen LogP contribution is -2.35. The molecule has 1 fully saturated rings. The van der Waals surface area contributed by atoms with E-state index in [4.69, 9.17) is 14.2 Å². The molecule has 2 aliphatic rings. The highest BCUT2D eigenvalue weighted by Crippen LogP contribution is 2.31. The van der Waals surface area contributed by atoms with Crippen molar-refractivity contribution in [3.8, 4) is 11.5 Å². The van der Waals surface area contributed by atoms with Crippen molar-refractivity contribution in [3.05, 3.63) is 59.2 Å². The zero-order valence-electron chi connectivity index (χ0n) is 15.8. The summed E-state index contributed by atoms with van der Waals surface area (Å²) < 4.78 is 20.7. The molecule has 0 atom stereocenters. The molecule has 0 aromatic heterocycles. The third-order valence-electron chi connectivity index (χ3n) is 4.58. The summed E-state index contributed by atoms with van der Waals surface area (Å²) in [6.45, 7) is 0.384. The number of carbonyl (C=O) groups is 4. The van der Waals surface area contributed by atoms with Gasteiger partial charge in [0.2, 0.25) is 0 Å². The number of fused-ring (bicyclic) bond motifs is 1. The van der Waals surface area contributed by atoms with E-state index in [2.05, 4.69) is 4.74 Å². The molecule has 2 aromatic carbocycles. The van der Waals surface area contributed by atoms with Crippen LogP contribution in [0.5, 0.6) is 11.5 Å². The topological polar surface area (TPSA) is 108 Å². The molecule has 4 rings (SSSR count). The first kappa shape index (κ1) is 19.4. The molecule has 2 aromatic rings. The summed E-state index contributed by atoms with van der Waals surface area (Å²) >= 11 is 0. The smallest absolute Gasteiger partial charge is 0.416 e. The molecule has 2 heterocycles. The molecule has 9 heteroatoms. The maximum atomic E-state index is 13.0. The van der Waals surface area contributed by atoms with Crippen molar-refractivity contribution in [1.82, 2.24) is 4.90 Å². The van der Waals surface area contributed by atoms with E-state index in [1.807, 2.05) is 0 Å². The van der Waals surface area contributed by atoms with E-state index in [0.29, 0.717) is 30.3 Å². The number of ether oxygens (including phenoxy) is 4. The Morgan fingerprint density at radius 1 is 0.900 bits per heavy atom. The predicted molar refractivity (Wildman–Crippen MR) is 101 cm³/mol. The van der Waals surface area contributed by atoms with Gasteiger partial charge in [0.15, 0.2) is 23.9 Å². The van der Waals surface area contributed by atoms with Crippen LogP contribution >= 0.6 is 0 Å². The second-order valence-corrected chi connectivity index (χ2v) is 6.47. The number of hydrogen-bond donors (Lipinski definition) is 0. The Balaban J connectivity index is 1.50. The molecular formula is C21H17NO8. The third-order valence-corrected chi connectivity index (χ3v) is 4.58. The van der Waals surface area contributed by atoms with Crippen molar-refractivity contribution in [2.45, 2.75) is 0 Å². The minimum Gasteiger partial charge on any atom is -0.486 e. The quantitative estimate of drug-likeness (QED) is 0.542. The van der Waals surface area contributed by atoms with Gasteiger partial charge in [0.05, 0.1) is 12.1 Å². The van der Waals surface area contributed by atoms with Crippen molar-refractivity contribution in [2.75, 3.05) is 33.0 Å². The summed E-state index contributed by atoms with van der Waals surface area (Å²) in [5, 5.41) is 0. The Morgan fingerprint density at radius 3 is 2.37 bits per heavy atom. The molecule has 0 radical (unpaired) electrons. The monoisotopic (exact) mass is 411 g/mol. The average Bonchev–Trinajstić information content (AvgIpc) is 3.22. The number of nitrogens with zero attached hydrogens (tertiary/aromatic N) is 1. The van der Waals surface area contributed by atoms with Crippen molar-refractivity contribution in [3.63, 3.8) is 0 Å². The molecule has 154 valence electrons. The molecule has 2 amide bonds. The number of ketones is 1. The number of imide groups is 1. The molecule has 0 saturated carbocycles. The molecule has 0 spiro atoms. The predicted octanol–water partition coefficient (Wildman–Crippen LogP) is 1.82. The highest BCUT2D eigenvalue weighted by Gasteiger charge is 2.29. The van der Waals surface area contributed by atoms with Gasteiger partial charge in [-0.1, -0.05) is 18.2 Å². The van der Waals surface area contributed by atoms with Gasteiger partial charge >= 0.3 is 12.1 Å². The Morgan fingerprint density at radius 2 is 1.63 bits per heavy atom. The van der Waals surface area contributed by atoms with Crippen LogP contribution in [0, 0.1) is 0 Å². The first-order valence-electron chi connectivity index (χ1n) is 9.22. The van der Waals surface area contributed by atoms with Crippen LogP contribution in [0.2, 0.25) is 0 Å². The molecule has 2 aliphatic heterocycles. The molecule has 0 bridgehead atoms. The fraction of sp³-hybridized carbons (Fsp3) is 0.238. The Hall–Kier alpha value is -3.88. The summed E-state index contributed by atoms with van der Waals surface area (Å²) in [7, 11) is 0. The highest BCUT2D eigenvalue weighted by molar-refractivity contribution is 6.14. The van der Waals surface area contributed by atoms with Gasteiger partial charge in [-0.3, -0.25) is 9.59 Å². The van der Waals surface area contributed by atoms with Crippen molar-refractivity contribution in [2.24, 2.45) is 0 Å². The molecule has 30 heavy (non-hydrogen) atoms. The van der Waals surface area contributed by atoms with Crippen LogP contribution in [0.1, 0.15) is 26.3 Å². The second-order valence-electron chi connectivity index (χ2n) is 6.47. The maximum Gasteiger partial charge on any atom is 0.416 e. The Kier molecular flexibility index (Phi) is 5.34. The number of cyclic esters (lactones) is 1. The minimum atomic E-state index is -0.850. The van der Waals surface area contributed by atoms with E-state index < -0.39 is 30.4 Å². The minimum absolute atomic E-state index is 0.00851. The van der Waals surface area contributed by atoms with E-state index >= 15 is 0 Å². The maximum absolute atomic E-state index is 13.0. The summed E-state index contributed by atoms with van der Waals surface area (Å²) in [6.07, 6.45) is -0.773. The largest absolute Gasteiger partial charge is 0.486 e. The van der Waals surface area contributed by atoms with Gasteiger partial charge in [0.25, 0.3) is 5.91 Å². The molecule has 9 nitrogen and oxygen atoms in total. The van der Waals surface area contributed by atoms with Gasteiger partial charge in [-0.2, -0.15) is 0 Å². The summed E-state index contributed by atoms with van der Waals surface area (Å²) in [4.78, 5) is 49.8. The second kappa shape index (κ2) is 8.24. The van der Waals surface area contributed by atoms with E-state index in [9.17, 15) is 19.2 Å². The third kappa shape index (κ3) is 3.82. The van der Waals surface area contributed by atoms with Gasteiger partial charge < -0.3 is 18.9 Å². The van der Waals surface area contributed by atoms with E-state index in [1.165, 1.54) is 12.1 Å². The lowest BCUT2D eigenvalue weighted by molar-refractivity contribution is -0.131. The van der Waals surface area contributed by atoms with Crippen LogP contribution in [0.25, 0.3) is 0 Å². The zero-order valence-corrected chi connectivity index (χ0v) is 15.8. The lowest BCUT2D eigenvalue weighted by atomic mass is 9.98. The normalized spacial score (nSPS) is 14.8. The fourth-order valence-electron chi connectivity index (χ4n) is 3.10. The van der Waals surface area contributed by atoms with Crippen molar-refractivity contribution in [1.29, 1.82) is 0 Å². The van der Waals surface area contributed by atoms with Crippen LogP contribution < -0.4 is 9.47 Å². The number of esters is 1. The number of hydrogen-bond acceptors (Lipinski definition) is 8. The van der Waals surface area contributed by atoms with E-state index in [1.54, 1.807) is 30.3 Å².